The van der Waals surface area contributed by atoms with E-state index < -0.39 is 0 Å². The molecular formula is C22H19ClN4O3. The van der Waals surface area contributed by atoms with E-state index >= 15 is 0 Å². The Morgan fingerprint density at radius 3 is 2.83 bits per heavy atom. The molecule has 3 aliphatic rings. The molecule has 1 fully saturated rings. The maximum Gasteiger partial charge on any atom is 0.255 e. The van der Waals surface area contributed by atoms with Crippen molar-refractivity contribution in [1.29, 1.82) is 0 Å². The SMILES string of the molecule is Nc1nc2cc3c(cc2c2c1COC2)C(=O)N1[C@@H](COC[C@@H]1c1ccc(Cl)nc1)C3. The fourth-order valence-corrected chi connectivity index (χ4v) is 4.97. The lowest BCUT2D eigenvalue weighted by Gasteiger charge is -2.45. The van der Waals surface area contributed by atoms with E-state index in [0.29, 0.717) is 49.4 Å². The number of nitrogen functional groups attached to an aromatic ring is 1. The monoisotopic (exact) mass is 422 g/mol. The zero-order valence-corrected chi connectivity index (χ0v) is 16.9. The first kappa shape index (κ1) is 18.1. The van der Waals surface area contributed by atoms with E-state index in [4.69, 9.17) is 26.8 Å². The number of carbonyl (C=O) groups excluding carboxylic acids is 1. The number of morpholine rings is 1. The standard InChI is InChI=1S/C22H19ClN4O3/c23-20-2-1-11(6-25-20)19-10-29-7-13-3-12-4-18-15(5-14(12)22(28)27(13)19)16-8-30-9-17(16)21(24)26-18/h1-2,4-6,13,19H,3,7-10H2,(H2,24,26)/t13-,19-/m1/s1. The molecular weight excluding hydrogens is 404 g/mol. The molecule has 7 nitrogen and oxygen atoms in total. The summed E-state index contributed by atoms with van der Waals surface area (Å²) in [6, 6.07) is 7.40. The van der Waals surface area contributed by atoms with Crippen molar-refractivity contribution in [2.75, 3.05) is 18.9 Å². The fourth-order valence-electron chi connectivity index (χ4n) is 4.86. The van der Waals surface area contributed by atoms with Gasteiger partial charge < -0.3 is 20.1 Å². The maximum absolute atomic E-state index is 13.7. The Hall–Kier alpha value is -2.74. The summed E-state index contributed by atoms with van der Waals surface area (Å²) < 4.78 is 11.5. The van der Waals surface area contributed by atoms with Gasteiger partial charge in [0.1, 0.15) is 11.0 Å². The number of carbonyl (C=O) groups is 1. The molecule has 8 heteroatoms. The number of aromatic nitrogens is 2. The highest BCUT2D eigenvalue weighted by Crippen LogP contribution is 2.38. The van der Waals surface area contributed by atoms with Gasteiger partial charge in [-0.05, 0) is 41.3 Å². The average molecular weight is 423 g/mol. The quantitative estimate of drug-likeness (QED) is 0.606. The van der Waals surface area contributed by atoms with Crippen LogP contribution in [0.15, 0.2) is 30.5 Å². The number of anilines is 1. The van der Waals surface area contributed by atoms with Gasteiger partial charge in [0, 0.05) is 22.7 Å². The van der Waals surface area contributed by atoms with Gasteiger partial charge in [0.25, 0.3) is 5.91 Å². The van der Waals surface area contributed by atoms with Crippen LogP contribution in [0.2, 0.25) is 5.15 Å². The highest BCUT2D eigenvalue weighted by molar-refractivity contribution is 6.29. The minimum Gasteiger partial charge on any atom is -0.383 e. The van der Waals surface area contributed by atoms with Crippen LogP contribution in [0.4, 0.5) is 5.82 Å². The third-order valence-electron chi connectivity index (χ3n) is 6.32. The molecule has 2 aromatic heterocycles. The van der Waals surface area contributed by atoms with E-state index in [9.17, 15) is 4.79 Å². The highest BCUT2D eigenvalue weighted by atomic mass is 35.5. The van der Waals surface area contributed by atoms with Crippen molar-refractivity contribution in [2.24, 2.45) is 0 Å². The number of benzene rings is 1. The Morgan fingerprint density at radius 1 is 1.13 bits per heavy atom. The van der Waals surface area contributed by atoms with Crippen molar-refractivity contribution in [2.45, 2.75) is 31.7 Å². The van der Waals surface area contributed by atoms with Crippen LogP contribution in [0, 0.1) is 0 Å². The van der Waals surface area contributed by atoms with Crippen LogP contribution >= 0.6 is 11.6 Å². The molecule has 1 saturated heterocycles. The second-order valence-electron chi connectivity index (χ2n) is 8.01. The molecule has 152 valence electrons. The largest absolute Gasteiger partial charge is 0.383 e. The molecule has 1 aromatic carbocycles. The summed E-state index contributed by atoms with van der Waals surface area (Å²) in [6.45, 7) is 1.90. The van der Waals surface area contributed by atoms with Gasteiger partial charge in [0.05, 0.1) is 44.0 Å². The van der Waals surface area contributed by atoms with Gasteiger partial charge in [-0.2, -0.15) is 0 Å². The van der Waals surface area contributed by atoms with Crippen molar-refractivity contribution >= 4 is 34.2 Å². The van der Waals surface area contributed by atoms with Gasteiger partial charge in [-0.3, -0.25) is 4.79 Å². The first-order valence-electron chi connectivity index (χ1n) is 9.93. The van der Waals surface area contributed by atoms with Crippen LogP contribution in [0.25, 0.3) is 10.9 Å². The van der Waals surface area contributed by atoms with E-state index in [1.54, 1.807) is 12.3 Å². The normalized spacial score (nSPS) is 22.7. The van der Waals surface area contributed by atoms with Crippen LogP contribution in [-0.2, 0) is 29.1 Å². The molecule has 2 N–H and O–H groups in total. The molecule has 1 amide bonds. The van der Waals surface area contributed by atoms with E-state index in [2.05, 4.69) is 9.97 Å². The summed E-state index contributed by atoms with van der Waals surface area (Å²) in [7, 11) is 0. The minimum absolute atomic E-state index is 0.0101. The smallest absolute Gasteiger partial charge is 0.255 e. The first-order chi connectivity index (χ1) is 14.6. The minimum atomic E-state index is -0.191. The van der Waals surface area contributed by atoms with E-state index in [0.717, 1.165) is 33.2 Å². The zero-order chi connectivity index (χ0) is 20.4. The number of pyridine rings is 2. The predicted molar refractivity (Wildman–Crippen MR) is 111 cm³/mol. The summed E-state index contributed by atoms with van der Waals surface area (Å²) in [6.07, 6.45) is 2.43. The summed E-state index contributed by atoms with van der Waals surface area (Å²) in [4.78, 5) is 24.4. The van der Waals surface area contributed by atoms with Gasteiger partial charge in [-0.1, -0.05) is 17.7 Å². The number of fused-ring (bicyclic) bond motifs is 5. The second kappa shape index (κ2) is 6.63. The van der Waals surface area contributed by atoms with Crippen molar-refractivity contribution in [1.82, 2.24) is 14.9 Å². The molecule has 30 heavy (non-hydrogen) atoms. The zero-order valence-electron chi connectivity index (χ0n) is 16.1. The molecule has 0 radical (unpaired) electrons. The van der Waals surface area contributed by atoms with Gasteiger partial charge >= 0.3 is 0 Å². The molecule has 0 aliphatic carbocycles. The Labute approximate surface area is 177 Å². The Bertz CT molecular complexity index is 1200. The number of amides is 1. The van der Waals surface area contributed by atoms with Crippen LogP contribution < -0.4 is 5.73 Å². The van der Waals surface area contributed by atoms with E-state index in [1.165, 1.54) is 0 Å². The van der Waals surface area contributed by atoms with Gasteiger partial charge in [0.2, 0.25) is 0 Å². The predicted octanol–water partition coefficient (Wildman–Crippen LogP) is 3.03. The number of nitrogens with two attached hydrogens (primary N) is 1. The molecule has 2 atom stereocenters. The third-order valence-corrected chi connectivity index (χ3v) is 6.55. The highest BCUT2D eigenvalue weighted by Gasteiger charge is 2.41. The molecule has 3 aliphatic heterocycles. The Morgan fingerprint density at radius 2 is 2.00 bits per heavy atom. The van der Waals surface area contributed by atoms with Crippen molar-refractivity contribution in [3.05, 3.63) is 63.4 Å². The van der Waals surface area contributed by atoms with Crippen molar-refractivity contribution in [3.8, 4) is 0 Å². The molecule has 0 bridgehead atoms. The van der Waals surface area contributed by atoms with E-state index in [-0.39, 0.29) is 18.0 Å². The van der Waals surface area contributed by atoms with Crippen molar-refractivity contribution in [3.63, 3.8) is 0 Å². The Kier molecular flexibility index (Phi) is 3.99. The lowest BCUT2D eigenvalue weighted by molar-refractivity contribution is -0.0398. The molecule has 6 rings (SSSR count). The molecule has 0 unspecified atom stereocenters. The van der Waals surface area contributed by atoms with Crippen molar-refractivity contribution < 1.29 is 14.3 Å². The van der Waals surface area contributed by atoms with E-state index in [1.807, 2.05) is 23.1 Å². The van der Waals surface area contributed by atoms with Crippen LogP contribution in [0.1, 0.15) is 38.7 Å². The van der Waals surface area contributed by atoms with Crippen LogP contribution in [-0.4, -0.2) is 40.0 Å². The number of halogens is 1. The summed E-state index contributed by atoms with van der Waals surface area (Å²) in [5.74, 6) is 0.519. The van der Waals surface area contributed by atoms with Crippen LogP contribution in [0.5, 0.6) is 0 Å². The number of hydrogen-bond donors (Lipinski definition) is 1. The number of rotatable bonds is 1. The number of ether oxygens (including phenoxy) is 2. The molecule has 0 spiro atoms. The molecule has 0 saturated carbocycles. The average Bonchev–Trinajstić information content (AvgIpc) is 3.24. The fraction of sp³-hybridized carbons (Fsp3) is 0.318. The lowest BCUT2D eigenvalue weighted by atomic mass is 9.88. The summed E-state index contributed by atoms with van der Waals surface area (Å²) in [5, 5.41) is 1.37. The topological polar surface area (TPSA) is 90.6 Å². The number of nitrogens with zero attached hydrogens (tertiary/aromatic N) is 3. The van der Waals surface area contributed by atoms with Gasteiger partial charge in [-0.25, -0.2) is 9.97 Å². The summed E-state index contributed by atoms with van der Waals surface area (Å²) in [5.41, 5.74) is 11.5. The summed E-state index contributed by atoms with van der Waals surface area (Å²) >= 11 is 5.95. The number of hydrogen-bond acceptors (Lipinski definition) is 6. The van der Waals surface area contributed by atoms with Crippen LogP contribution in [0.3, 0.4) is 0 Å². The third kappa shape index (κ3) is 2.62. The lowest BCUT2D eigenvalue weighted by Crippen LogP contribution is -2.54. The maximum atomic E-state index is 13.7. The Balaban J connectivity index is 1.47. The van der Waals surface area contributed by atoms with Gasteiger partial charge in [-0.15, -0.1) is 0 Å². The second-order valence-corrected chi connectivity index (χ2v) is 8.40. The van der Waals surface area contributed by atoms with Gasteiger partial charge in [0.15, 0.2) is 0 Å². The molecule has 5 heterocycles. The molecule has 3 aromatic rings. The first-order valence-corrected chi connectivity index (χ1v) is 10.3.